The molecular formula is C18H13F3N6. The standard InChI is InChI=1S/C18H13F3N6/c19-18(20,21)17-25-24-16-8-7-15(26-27(16)17)23-10-12-3-5-13(6-4-12)14-2-1-9-22-11-14/h1-9,11H,10H2,(H,23,26). The fourth-order valence-electron chi connectivity index (χ4n) is 2.60. The molecule has 0 aliphatic carbocycles. The first kappa shape index (κ1) is 17.0. The highest BCUT2D eigenvalue weighted by molar-refractivity contribution is 5.62. The molecule has 9 heteroatoms. The Kier molecular flexibility index (Phi) is 4.19. The van der Waals surface area contributed by atoms with E-state index in [1.807, 2.05) is 36.4 Å². The van der Waals surface area contributed by atoms with Crippen LogP contribution in [-0.2, 0) is 12.7 Å². The Bertz CT molecular complexity index is 1060. The Hall–Kier alpha value is -3.49. The summed E-state index contributed by atoms with van der Waals surface area (Å²) in [6, 6.07) is 14.6. The zero-order valence-electron chi connectivity index (χ0n) is 13.9. The second kappa shape index (κ2) is 6.67. The molecule has 0 bridgehead atoms. The monoisotopic (exact) mass is 370 g/mol. The third-order valence-corrected chi connectivity index (χ3v) is 3.94. The molecule has 1 aromatic carbocycles. The molecule has 0 atom stereocenters. The Morgan fingerprint density at radius 3 is 2.44 bits per heavy atom. The van der Waals surface area contributed by atoms with Crippen LogP contribution < -0.4 is 5.32 Å². The number of benzene rings is 1. The molecule has 0 unspecified atom stereocenters. The first-order valence-corrected chi connectivity index (χ1v) is 8.03. The van der Waals surface area contributed by atoms with Gasteiger partial charge in [-0.05, 0) is 34.9 Å². The molecule has 0 saturated carbocycles. The number of hydrogen-bond acceptors (Lipinski definition) is 5. The summed E-state index contributed by atoms with van der Waals surface area (Å²) in [5.74, 6) is -0.855. The van der Waals surface area contributed by atoms with Crippen LogP contribution in [0.4, 0.5) is 19.0 Å². The van der Waals surface area contributed by atoms with E-state index in [2.05, 4.69) is 25.6 Å². The van der Waals surface area contributed by atoms with E-state index in [-0.39, 0.29) is 5.65 Å². The lowest BCUT2D eigenvalue weighted by molar-refractivity contribution is -0.146. The van der Waals surface area contributed by atoms with Gasteiger partial charge in [-0.1, -0.05) is 30.3 Å². The van der Waals surface area contributed by atoms with Crippen molar-refractivity contribution in [3.63, 3.8) is 0 Å². The SMILES string of the molecule is FC(F)(F)c1nnc2ccc(NCc3ccc(-c4cccnc4)cc3)nn12. The van der Waals surface area contributed by atoms with Gasteiger partial charge in [0.1, 0.15) is 5.82 Å². The Morgan fingerprint density at radius 2 is 1.74 bits per heavy atom. The van der Waals surface area contributed by atoms with E-state index in [9.17, 15) is 13.2 Å². The van der Waals surface area contributed by atoms with Crippen LogP contribution in [0.2, 0.25) is 0 Å². The lowest BCUT2D eigenvalue weighted by Crippen LogP contribution is -2.13. The highest BCUT2D eigenvalue weighted by Crippen LogP contribution is 2.27. The molecule has 0 fully saturated rings. The van der Waals surface area contributed by atoms with Crippen molar-refractivity contribution < 1.29 is 13.2 Å². The van der Waals surface area contributed by atoms with Crippen LogP contribution in [0.25, 0.3) is 16.8 Å². The van der Waals surface area contributed by atoms with E-state index in [0.717, 1.165) is 16.7 Å². The molecule has 0 aliphatic heterocycles. The molecule has 0 spiro atoms. The summed E-state index contributed by atoms with van der Waals surface area (Å²) < 4.78 is 39.5. The first-order valence-electron chi connectivity index (χ1n) is 8.03. The minimum Gasteiger partial charge on any atom is -0.365 e. The number of fused-ring (bicyclic) bond motifs is 1. The number of alkyl halides is 3. The zero-order valence-corrected chi connectivity index (χ0v) is 13.9. The molecule has 0 saturated heterocycles. The quantitative estimate of drug-likeness (QED) is 0.592. The number of hydrogen-bond donors (Lipinski definition) is 1. The highest BCUT2D eigenvalue weighted by atomic mass is 19.4. The molecule has 0 radical (unpaired) electrons. The summed E-state index contributed by atoms with van der Waals surface area (Å²) in [5.41, 5.74) is 3.04. The highest BCUT2D eigenvalue weighted by Gasteiger charge is 2.37. The van der Waals surface area contributed by atoms with E-state index in [4.69, 9.17) is 0 Å². The van der Waals surface area contributed by atoms with Crippen molar-refractivity contribution in [3.8, 4) is 11.1 Å². The van der Waals surface area contributed by atoms with Crippen LogP contribution in [-0.4, -0.2) is 24.8 Å². The van der Waals surface area contributed by atoms with Crippen LogP contribution in [0.1, 0.15) is 11.4 Å². The third kappa shape index (κ3) is 3.57. The smallest absolute Gasteiger partial charge is 0.365 e. The molecule has 0 amide bonds. The van der Waals surface area contributed by atoms with Crippen molar-refractivity contribution in [2.75, 3.05) is 5.32 Å². The van der Waals surface area contributed by atoms with Gasteiger partial charge in [0.15, 0.2) is 5.65 Å². The molecule has 3 aromatic heterocycles. The van der Waals surface area contributed by atoms with Crippen LogP contribution in [0.3, 0.4) is 0 Å². The van der Waals surface area contributed by atoms with Gasteiger partial charge in [-0.15, -0.1) is 15.3 Å². The molecule has 6 nitrogen and oxygen atoms in total. The van der Waals surface area contributed by atoms with Crippen molar-refractivity contribution in [3.05, 3.63) is 72.3 Å². The minimum atomic E-state index is -4.62. The Morgan fingerprint density at radius 1 is 0.926 bits per heavy atom. The Labute approximate surface area is 151 Å². The normalized spacial score (nSPS) is 11.7. The molecular weight excluding hydrogens is 357 g/mol. The largest absolute Gasteiger partial charge is 0.453 e. The second-order valence-corrected chi connectivity index (χ2v) is 5.80. The predicted octanol–water partition coefficient (Wildman–Crippen LogP) is 3.82. The average molecular weight is 370 g/mol. The summed E-state index contributed by atoms with van der Waals surface area (Å²) >= 11 is 0. The van der Waals surface area contributed by atoms with Crippen molar-refractivity contribution >= 4 is 11.5 Å². The summed E-state index contributed by atoms with van der Waals surface area (Å²) in [6.07, 6.45) is -1.12. The number of nitrogens with one attached hydrogen (secondary N) is 1. The van der Waals surface area contributed by atoms with Gasteiger partial charge in [0.25, 0.3) is 5.82 Å². The average Bonchev–Trinajstić information content (AvgIpc) is 3.11. The number of rotatable bonds is 4. The van der Waals surface area contributed by atoms with E-state index in [1.54, 1.807) is 18.5 Å². The van der Waals surface area contributed by atoms with Crippen LogP contribution >= 0.6 is 0 Å². The van der Waals surface area contributed by atoms with Gasteiger partial charge in [0, 0.05) is 18.9 Å². The summed E-state index contributed by atoms with van der Waals surface area (Å²) in [6.45, 7) is 0.412. The number of halogens is 3. The van der Waals surface area contributed by atoms with Crippen LogP contribution in [0.5, 0.6) is 0 Å². The topological polar surface area (TPSA) is 68.0 Å². The summed E-state index contributed by atoms with van der Waals surface area (Å²) in [7, 11) is 0. The molecule has 1 N–H and O–H groups in total. The van der Waals surface area contributed by atoms with Crippen molar-refractivity contribution in [1.82, 2.24) is 24.8 Å². The maximum absolute atomic E-state index is 12.9. The van der Waals surface area contributed by atoms with Gasteiger partial charge in [-0.2, -0.15) is 17.7 Å². The van der Waals surface area contributed by atoms with E-state index in [1.165, 1.54) is 6.07 Å². The fourth-order valence-corrected chi connectivity index (χ4v) is 2.60. The van der Waals surface area contributed by atoms with Crippen LogP contribution in [0.15, 0.2) is 60.9 Å². The number of aromatic nitrogens is 5. The molecule has 0 aliphatic rings. The second-order valence-electron chi connectivity index (χ2n) is 5.80. The zero-order chi connectivity index (χ0) is 18.9. The molecule has 3 heterocycles. The van der Waals surface area contributed by atoms with Crippen molar-refractivity contribution in [2.45, 2.75) is 12.7 Å². The molecule has 4 aromatic rings. The van der Waals surface area contributed by atoms with Gasteiger partial charge < -0.3 is 5.32 Å². The van der Waals surface area contributed by atoms with Crippen LogP contribution in [0, 0.1) is 0 Å². The van der Waals surface area contributed by atoms with E-state index < -0.39 is 12.0 Å². The van der Waals surface area contributed by atoms with E-state index in [0.29, 0.717) is 16.9 Å². The van der Waals surface area contributed by atoms with E-state index >= 15 is 0 Å². The minimum absolute atomic E-state index is 0.0358. The maximum Gasteiger partial charge on any atom is 0.453 e. The molecule has 136 valence electrons. The molecule has 4 rings (SSSR count). The number of nitrogens with zero attached hydrogens (tertiary/aromatic N) is 5. The van der Waals surface area contributed by atoms with Gasteiger partial charge in [0.2, 0.25) is 0 Å². The predicted molar refractivity (Wildman–Crippen MR) is 92.8 cm³/mol. The maximum atomic E-state index is 12.9. The Balaban J connectivity index is 1.50. The third-order valence-electron chi connectivity index (χ3n) is 3.94. The van der Waals surface area contributed by atoms with Crippen molar-refractivity contribution in [1.29, 1.82) is 0 Å². The number of anilines is 1. The lowest BCUT2D eigenvalue weighted by Gasteiger charge is -2.08. The number of pyridine rings is 1. The lowest BCUT2D eigenvalue weighted by atomic mass is 10.1. The fraction of sp³-hybridized carbons (Fsp3) is 0.111. The summed E-state index contributed by atoms with van der Waals surface area (Å²) in [5, 5.41) is 13.6. The van der Waals surface area contributed by atoms with Crippen molar-refractivity contribution in [2.24, 2.45) is 0 Å². The summed E-state index contributed by atoms with van der Waals surface area (Å²) in [4.78, 5) is 4.09. The van der Waals surface area contributed by atoms with Gasteiger partial charge in [0.05, 0.1) is 0 Å². The first-order chi connectivity index (χ1) is 13.0. The van der Waals surface area contributed by atoms with Gasteiger partial charge in [-0.25, -0.2) is 0 Å². The molecule has 27 heavy (non-hydrogen) atoms. The van der Waals surface area contributed by atoms with Gasteiger partial charge >= 0.3 is 6.18 Å². The van der Waals surface area contributed by atoms with Gasteiger partial charge in [-0.3, -0.25) is 4.98 Å².